The molecule has 2 heterocycles. The number of benzene rings is 2. The van der Waals surface area contributed by atoms with Crippen molar-refractivity contribution in [3.05, 3.63) is 95.3 Å². The molecule has 0 aliphatic carbocycles. The van der Waals surface area contributed by atoms with Gasteiger partial charge in [0.15, 0.2) is 11.5 Å². The largest absolute Gasteiger partial charge is 0.507 e. The number of likely N-dealkylation sites (tertiary alicyclic amines) is 1. The van der Waals surface area contributed by atoms with Gasteiger partial charge in [-0.15, -0.1) is 0 Å². The van der Waals surface area contributed by atoms with Crippen LogP contribution in [0.1, 0.15) is 29.7 Å². The van der Waals surface area contributed by atoms with Gasteiger partial charge in [-0.05, 0) is 42.3 Å². The summed E-state index contributed by atoms with van der Waals surface area (Å²) in [4.78, 5) is 31.7. The zero-order valence-electron chi connectivity index (χ0n) is 18.4. The van der Waals surface area contributed by atoms with E-state index in [0.29, 0.717) is 29.2 Å². The fourth-order valence-electron chi connectivity index (χ4n) is 3.96. The van der Waals surface area contributed by atoms with Crippen molar-refractivity contribution < 1.29 is 24.2 Å². The van der Waals surface area contributed by atoms with Crippen LogP contribution in [0.3, 0.4) is 0 Å². The first-order valence-electron chi connectivity index (χ1n) is 10.6. The number of methoxy groups -OCH3 is 1. The van der Waals surface area contributed by atoms with Gasteiger partial charge in [0, 0.05) is 24.5 Å². The minimum Gasteiger partial charge on any atom is -0.507 e. The number of rotatable bonds is 7. The normalized spacial score (nSPS) is 17.3. The molecule has 0 saturated carbocycles. The lowest BCUT2D eigenvalue weighted by Crippen LogP contribution is -2.29. The van der Waals surface area contributed by atoms with E-state index in [4.69, 9.17) is 9.47 Å². The quantitative estimate of drug-likeness (QED) is 0.335. The number of aromatic nitrogens is 1. The molecule has 0 bridgehead atoms. The van der Waals surface area contributed by atoms with E-state index in [1.165, 1.54) is 24.4 Å². The topological polar surface area (TPSA) is 89.0 Å². The zero-order chi connectivity index (χ0) is 23.4. The van der Waals surface area contributed by atoms with Crippen molar-refractivity contribution in [2.45, 2.75) is 19.5 Å². The molecule has 2 aromatic carbocycles. The molecule has 1 amide bonds. The van der Waals surface area contributed by atoms with Crippen LogP contribution in [0.5, 0.6) is 11.5 Å². The van der Waals surface area contributed by atoms with E-state index >= 15 is 0 Å². The predicted octanol–water partition coefficient (Wildman–Crippen LogP) is 4.11. The summed E-state index contributed by atoms with van der Waals surface area (Å²) in [7, 11) is 1.53. The first-order chi connectivity index (χ1) is 16.0. The maximum atomic E-state index is 13.1. The second-order valence-electron chi connectivity index (χ2n) is 7.49. The fourth-order valence-corrected chi connectivity index (χ4v) is 3.96. The molecular formula is C26H24N2O5. The smallest absolute Gasteiger partial charge is 0.295 e. The molecule has 7 nitrogen and oxygen atoms in total. The number of amides is 1. The molecule has 3 aromatic rings. The first kappa shape index (κ1) is 22.1. The number of hydrogen-bond acceptors (Lipinski definition) is 6. The van der Waals surface area contributed by atoms with E-state index in [0.717, 1.165) is 5.56 Å². The third-order valence-corrected chi connectivity index (χ3v) is 5.49. The van der Waals surface area contributed by atoms with Crippen molar-refractivity contribution >= 4 is 17.4 Å². The molecule has 1 aromatic heterocycles. The highest BCUT2D eigenvalue weighted by atomic mass is 16.5. The Bertz CT molecular complexity index is 1190. The van der Waals surface area contributed by atoms with Crippen molar-refractivity contribution in [2.24, 2.45) is 0 Å². The van der Waals surface area contributed by atoms with Crippen LogP contribution in [0, 0.1) is 0 Å². The van der Waals surface area contributed by atoms with E-state index < -0.39 is 17.7 Å². The van der Waals surface area contributed by atoms with Crippen LogP contribution in [0.25, 0.3) is 5.76 Å². The number of aliphatic hydroxyl groups excluding tert-OH is 1. The Morgan fingerprint density at radius 2 is 1.76 bits per heavy atom. The molecular weight excluding hydrogens is 420 g/mol. The van der Waals surface area contributed by atoms with Gasteiger partial charge >= 0.3 is 0 Å². The molecule has 1 saturated heterocycles. The molecule has 33 heavy (non-hydrogen) atoms. The summed E-state index contributed by atoms with van der Waals surface area (Å²) in [5.41, 5.74) is 1.92. The molecule has 1 aliphatic heterocycles. The molecule has 1 aliphatic rings. The number of pyridine rings is 1. The van der Waals surface area contributed by atoms with Gasteiger partial charge in [-0.25, -0.2) is 0 Å². The SMILES string of the molecule is CCOc1ccc(C2/C(=C(\O)c3ccncc3)C(=O)C(=O)N2Cc2ccccc2)cc1OC. The summed E-state index contributed by atoms with van der Waals surface area (Å²) < 4.78 is 11.1. The van der Waals surface area contributed by atoms with E-state index in [1.807, 2.05) is 37.3 Å². The molecule has 168 valence electrons. The van der Waals surface area contributed by atoms with Crippen molar-refractivity contribution in [1.29, 1.82) is 0 Å². The highest BCUT2D eigenvalue weighted by molar-refractivity contribution is 6.46. The van der Waals surface area contributed by atoms with Crippen molar-refractivity contribution in [2.75, 3.05) is 13.7 Å². The summed E-state index contributed by atoms with van der Waals surface area (Å²) in [6.45, 7) is 2.54. The number of ether oxygens (including phenoxy) is 2. The molecule has 1 atom stereocenters. The molecule has 4 rings (SSSR count). The van der Waals surface area contributed by atoms with E-state index in [9.17, 15) is 14.7 Å². The average molecular weight is 444 g/mol. The van der Waals surface area contributed by atoms with Gasteiger partial charge in [0.05, 0.1) is 25.3 Å². The average Bonchev–Trinajstić information content (AvgIpc) is 3.10. The van der Waals surface area contributed by atoms with Gasteiger partial charge in [0.1, 0.15) is 5.76 Å². The Morgan fingerprint density at radius 3 is 2.42 bits per heavy atom. The van der Waals surface area contributed by atoms with E-state index in [-0.39, 0.29) is 17.9 Å². The van der Waals surface area contributed by atoms with Gasteiger partial charge in [-0.3, -0.25) is 14.6 Å². The number of carbonyl (C=O) groups is 2. The van der Waals surface area contributed by atoms with Gasteiger partial charge < -0.3 is 19.5 Å². The van der Waals surface area contributed by atoms with Crippen LogP contribution in [-0.2, 0) is 16.1 Å². The Balaban J connectivity index is 1.87. The maximum Gasteiger partial charge on any atom is 0.295 e. The van der Waals surface area contributed by atoms with Crippen molar-refractivity contribution in [3.8, 4) is 11.5 Å². The van der Waals surface area contributed by atoms with Crippen LogP contribution >= 0.6 is 0 Å². The van der Waals surface area contributed by atoms with Crippen LogP contribution in [-0.4, -0.2) is 40.4 Å². The number of ketones is 1. The number of Topliss-reactive ketones (excluding diaryl/α,β-unsaturated/α-hetero) is 1. The highest BCUT2D eigenvalue weighted by Crippen LogP contribution is 2.42. The molecule has 1 fully saturated rings. The fraction of sp³-hybridized carbons (Fsp3) is 0.192. The Labute approximate surface area is 191 Å². The van der Waals surface area contributed by atoms with Crippen molar-refractivity contribution in [1.82, 2.24) is 9.88 Å². The van der Waals surface area contributed by atoms with E-state index in [2.05, 4.69) is 4.98 Å². The van der Waals surface area contributed by atoms with Crippen LogP contribution in [0.2, 0.25) is 0 Å². The van der Waals surface area contributed by atoms with E-state index in [1.54, 1.807) is 30.3 Å². The highest BCUT2D eigenvalue weighted by Gasteiger charge is 2.46. The number of carbonyl (C=O) groups excluding carboxylic acids is 2. The third kappa shape index (κ3) is 4.30. The van der Waals surface area contributed by atoms with Gasteiger partial charge in [0.2, 0.25) is 0 Å². The monoisotopic (exact) mass is 444 g/mol. The summed E-state index contributed by atoms with van der Waals surface area (Å²) >= 11 is 0. The maximum absolute atomic E-state index is 13.1. The summed E-state index contributed by atoms with van der Waals surface area (Å²) in [6, 6.07) is 17.0. The second-order valence-corrected chi connectivity index (χ2v) is 7.49. The lowest BCUT2D eigenvalue weighted by molar-refractivity contribution is -0.140. The molecule has 7 heteroatoms. The second kappa shape index (κ2) is 9.56. The summed E-state index contributed by atoms with van der Waals surface area (Å²) in [5, 5.41) is 11.1. The number of nitrogens with zero attached hydrogens (tertiary/aromatic N) is 2. The molecule has 0 radical (unpaired) electrons. The van der Waals surface area contributed by atoms with Gasteiger partial charge in [-0.1, -0.05) is 36.4 Å². The van der Waals surface area contributed by atoms with Crippen LogP contribution in [0.4, 0.5) is 0 Å². The van der Waals surface area contributed by atoms with Crippen molar-refractivity contribution in [3.63, 3.8) is 0 Å². The standard InChI is InChI=1S/C26H24N2O5/c1-3-33-20-10-9-19(15-21(20)32-2)23-22(24(29)18-11-13-27-14-12-18)25(30)26(31)28(23)16-17-7-5-4-6-8-17/h4-15,23,29H,3,16H2,1-2H3/b24-22+. The summed E-state index contributed by atoms with van der Waals surface area (Å²) in [5.74, 6) is -0.629. The summed E-state index contributed by atoms with van der Waals surface area (Å²) in [6.07, 6.45) is 3.04. The first-order valence-corrected chi connectivity index (χ1v) is 10.6. The Kier molecular flexibility index (Phi) is 6.40. The van der Waals surface area contributed by atoms with Gasteiger partial charge in [-0.2, -0.15) is 0 Å². The molecule has 1 N–H and O–H groups in total. The minimum atomic E-state index is -0.803. The Hall–Kier alpha value is -4.13. The lowest BCUT2D eigenvalue weighted by Gasteiger charge is -2.26. The minimum absolute atomic E-state index is 0.0216. The lowest BCUT2D eigenvalue weighted by atomic mass is 9.95. The Morgan fingerprint density at radius 1 is 1.03 bits per heavy atom. The number of hydrogen-bond donors (Lipinski definition) is 1. The van der Waals surface area contributed by atoms with Gasteiger partial charge in [0.25, 0.3) is 11.7 Å². The zero-order valence-corrected chi connectivity index (χ0v) is 18.4. The van der Waals surface area contributed by atoms with Crippen LogP contribution in [0.15, 0.2) is 78.6 Å². The molecule has 1 unspecified atom stereocenters. The number of aliphatic hydroxyl groups is 1. The third-order valence-electron chi connectivity index (χ3n) is 5.49. The predicted molar refractivity (Wildman–Crippen MR) is 123 cm³/mol. The van der Waals surface area contributed by atoms with Crippen LogP contribution < -0.4 is 9.47 Å². The molecule has 0 spiro atoms.